The van der Waals surface area contributed by atoms with Crippen molar-refractivity contribution in [2.75, 3.05) is 59.2 Å². The number of aliphatic imine (C=N–C) groups is 1. The summed E-state index contributed by atoms with van der Waals surface area (Å²) in [7, 11) is 0.455. The number of hydrogen-bond donors (Lipinski definition) is 1. The smallest absolute Gasteiger partial charge is 0.215 e. The number of ether oxygens (including phenoxy) is 1. The van der Waals surface area contributed by atoms with Gasteiger partial charge in [-0.05, 0) is 19.3 Å². The maximum absolute atomic E-state index is 12.3. The second-order valence-corrected chi connectivity index (χ2v) is 7.95. The third-order valence-corrected chi connectivity index (χ3v) is 5.85. The van der Waals surface area contributed by atoms with Crippen molar-refractivity contribution >= 4 is 16.0 Å². The van der Waals surface area contributed by atoms with E-state index in [0.29, 0.717) is 32.8 Å². The van der Waals surface area contributed by atoms with Gasteiger partial charge in [-0.1, -0.05) is 12.5 Å². The zero-order valence-corrected chi connectivity index (χ0v) is 15.9. The molecule has 7 nitrogen and oxygen atoms in total. The number of nitrogens with zero attached hydrogens (tertiary/aromatic N) is 3. The van der Waals surface area contributed by atoms with Crippen molar-refractivity contribution in [2.45, 2.75) is 25.7 Å². The van der Waals surface area contributed by atoms with E-state index >= 15 is 0 Å². The Hall–Kier alpha value is -1.12. The molecule has 0 aliphatic carbocycles. The van der Waals surface area contributed by atoms with Gasteiger partial charge in [0.2, 0.25) is 10.0 Å². The molecule has 0 saturated carbocycles. The van der Waals surface area contributed by atoms with Crippen molar-refractivity contribution < 1.29 is 13.2 Å². The monoisotopic (exact) mass is 360 g/mol. The minimum Gasteiger partial charge on any atom is -0.379 e. The van der Waals surface area contributed by atoms with Crippen molar-refractivity contribution in [3.05, 3.63) is 12.7 Å². The summed E-state index contributed by atoms with van der Waals surface area (Å²) in [5.74, 6) is 0.801. The standard InChI is InChI=1S/C16H32N4O3S/c1-4-5-6-7-8-10-19(3)16(17-2)18-9-15-24(21,22)20-11-13-23-14-12-20/h4H,1,5-15H2,2-3H3,(H,17,18). The SMILES string of the molecule is C=CCCCCCN(C)C(=NC)NCCS(=O)(=O)N1CCOCC1. The van der Waals surface area contributed by atoms with Crippen LogP contribution in [0.4, 0.5) is 0 Å². The largest absolute Gasteiger partial charge is 0.379 e. The van der Waals surface area contributed by atoms with E-state index in [9.17, 15) is 8.42 Å². The quantitative estimate of drug-likeness (QED) is 0.271. The van der Waals surface area contributed by atoms with Crippen LogP contribution in [0.25, 0.3) is 0 Å². The van der Waals surface area contributed by atoms with Crippen LogP contribution in [0.1, 0.15) is 25.7 Å². The number of nitrogens with one attached hydrogen (secondary N) is 1. The Bertz CT molecular complexity index is 488. The fraction of sp³-hybridized carbons (Fsp3) is 0.812. The minimum atomic E-state index is -3.23. The molecular formula is C16H32N4O3S. The number of rotatable bonds is 10. The molecule has 1 fully saturated rings. The second-order valence-electron chi connectivity index (χ2n) is 5.86. The van der Waals surface area contributed by atoms with E-state index in [1.165, 1.54) is 4.31 Å². The number of guanidine groups is 1. The van der Waals surface area contributed by atoms with Gasteiger partial charge in [0.25, 0.3) is 0 Å². The van der Waals surface area contributed by atoms with Crippen molar-refractivity contribution in [1.82, 2.24) is 14.5 Å². The Morgan fingerprint density at radius 3 is 2.67 bits per heavy atom. The van der Waals surface area contributed by atoms with Crippen LogP contribution in [-0.2, 0) is 14.8 Å². The Labute approximate surface area is 146 Å². The van der Waals surface area contributed by atoms with Crippen molar-refractivity contribution in [3.63, 3.8) is 0 Å². The van der Waals surface area contributed by atoms with Crippen LogP contribution in [0.15, 0.2) is 17.6 Å². The molecule has 1 N–H and O–H groups in total. The third kappa shape index (κ3) is 7.63. The predicted molar refractivity (Wildman–Crippen MR) is 98.8 cm³/mol. The molecule has 1 rings (SSSR count). The maximum atomic E-state index is 12.3. The first-order valence-corrected chi connectivity index (χ1v) is 10.2. The predicted octanol–water partition coefficient (Wildman–Crippen LogP) is 0.902. The van der Waals surface area contributed by atoms with Crippen LogP contribution in [0.3, 0.4) is 0 Å². The zero-order valence-electron chi connectivity index (χ0n) is 15.0. The van der Waals surface area contributed by atoms with Crippen LogP contribution in [0, 0.1) is 0 Å². The number of unbranched alkanes of at least 4 members (excludes halogenated alkanes) is 3. The molecule has 24 heavy (non-hydrogen) atoms. The topological polar surface area (TPSA) is 74.2 Å². The summed E-state index contributed by atoms with van der Waals surface area (Å²) in [4.78, 5) is 6.26. The van der Waals surface area contributed by atoms with E-state index in [2.05, 4.69) is 16.9 Å². The second kappa shape index (κ2) is 11.4. The van der Waals surface area contributed by atoms with Crippen molar-refractivity contribution in [1.29, 1.82) is 0 Å². The molecular weight excluding hydrogens is 328 g/mol. The fourth-order valence-corrected chi connectivity index (χ4v) is 3.87. The lowest BCUT2D eigenvalue weighted by molar-refractivity contribution is 0.0730. The highest BCUT2D eigenvalue weighted by Crippen LogP contribution is 2.05. The first kappa shape index (κ1) is 20.9. The van der Waals surface area contributed by atoms with Gasteiger partial charge in [-0.25, -0.2) is 8.42 Å². The summed E-state index contributed by atoms with van der Waals surface area (Å²) in [6, 6.07) is 0. The molecule has 1 aliphatic rings. The highest BCUT2D eigenvalue weighted by molar-refractivity contribution is 7.89. The first-order valence-electron chi connectivity index (χ1n) is 8.59. The first-order chi connectivity index (χ1) is 11.5. The van der Waals surface area contributed by atoms with Gasteiger partial charge in [0.15, 0.2) is 5.96 Å². The van der Waals surface area contributed by atoms with Crippen molar-refractivity contribution in [2.24, 2.45) is 4.99 Å². The van der Waals surface area contributed by atoms with E-state index in [4.69, 9.17) is 4.74 Å². The summed E-state index contributed by atoms with van der Waals surface area (Å²) in [5.41, 5.74) is 0. The molecule has 0 bridgehead atoms. The normalized spacial score (nSPS) is 16.8. The number of sulfonamides is 1. The van der Waals surface area contributed by atoms with Gasteiger partial charge in [0.05, 0.1) is 19.0 Å². The molecule has 0 radical (unpaired) electrons. The summed E-state index contributed by atoms with van der Waals surface area (Å²) >= 11 is 0. The molecule has 0 aromatic rings. The minimum absolute atomic E-state index is 0.0686. The van der Waals surface area contributed by atoms with E-state index in [1.54, 1.807) is 7.05 Å². The maximum Gasteiger partial charge on any atom is 0.215 e. The molecule has 0 unspecified atom stereocenters. The van der Waals surface area contributed by atoms with Crippen LogP contribution in [0.5, 0.6) is 0 Å². The Balaban J connectivity index is 2.31. The number of morpholine rings is 1. The van der Waals surface area contributed by atoms with Crippen LogP contribution >= 0.6 is 0 Å². The van der Waals surface area contributed by atoms with Crippen molar-refractivity contribution in [3.8, 4) is 0 Å². The summed E-state index contributed by atoms with van der Waals surface area (Å²) in [6.45, 7) is 6.82. The average Bonchev–Trinajstić information content (AvgIpc) is 2.59. The summed E-state index contributed by atoms with van der Waals surface area (Å²) in [5, 5.41) is 3.14. The van der Waals surface area contributed by atoms with Gasteiger partial charge in [-0.15, -0.1) is 6.58 Å². The van der Waals surface area contributed by atoms with Gasteiger partial charge in [-0.3, -0.25) is 4.99 Å². The number of allylic oxidation sites excluding steroid dienone is 1. The van der Waals surface area contributed by atoms with Crippen LogP contribution in [0.2, 0.25) is 0 Å². The molecule has 0 aromatic carbocycles. The van der Waals surface area contributed by atoms with Gasteiger partial charge in [0.1, 0.15) is 0 Å². The molecule has 1 aliphatic heterocycles. The zero-order chi connectivity index (χ0) is 17.8. The third-order valence-electron chi connectivity index (χ3n) is 3.98. The summed E-state index contributed by atoms with van der Waals surface area (Å²) < 4.78 is 31.2. The summed E-state index contributed by atoms with van der Waals surface area (Å²) in [6.07, 6.45) is 6.38. The van der Waals surface area contributed by atoms with Gasteiger partial charge >= 0.3 is 0 Å². The van der Waals surface area contributed by atoms with E-state index in [1.807, 2.05) is 18.0 Å². The molecule has 1 heterocycles. The molecule has 0 aromatic heterocycles. The Kier molecular flexibility index (Phi) is 9.97. The number of hydrogen-bond acceptors (Lipinski definition) is 4. The van der Waals surface area contributed by atoms with E-state index in [0.717, 1.165) is 38.2 Å². The molecule has 8 heteroatoms. The van der Waals surface area contributed by atoms with Gasteiger partial charge < -0.3 is 15.0 Å². The molecule has 0 spiro atoms. The molecule has 1 saturated heterocycles. The lowest BCUT2D eigenvalue weighted by Gasteiger charge is -2.26. The van der Waals surface area contributed by atoms with E-state index in [-0.39, 0.29) is 5.75 Å². The fourth-order valence-electron chi connectivity index (χ4n) is 2.55. The van der Waals surface area contributed by atoms with Crippen LogP contribution < -0.4 is 5.32 Å². The van der Waals surface area contributed by atoms with E-state index < -0.39 is 10.0 Å². The Morgan fingerprint density at radius 1 is 1.33 bits per heavy atom. The lowest BCUT2D eigenvalue weighted by Crippen LogP contribution is -2.45. The molecule has 0 amide bonds. The van der Waals surface area contributed by atoms with Crippen LogP contribution in [-0.4, -0.2) is 82.8 Å². The Morgan fingerprint density at radius 2 is 2.04 bits per heavy atom. The molecule has 140 valence electrons. The molecule has 0 atom stereocenters. The average molecular weight is 361 g/mol. The lowest BCUT2D eigenvalue weighted by atomic mass is 10.2. The van der Waals surface area contributed by atoms with Gasteiger partial charge in [0, 0.05) is 40.3 Å². The highest BCUT2D eigenvalue weighted by Gasteiger charge is 2.23. The van der Waals surface area contributed by atoms with Gasteiger partial charge in [-0.2, -0.15) is 4.31 Å². The highest BCUT2D eigenvalue weighted by atomic mass is 32.2.